The second-order valence-corrected chi connectivity index (χ2v) is 12.8. The van der Waals surface area contributed by atoms with Gasteiger partial charge in [0, 0.05) is 29.7 Å². The quantitative estimate of drug-likeness (QED) is 0.393. The first-order chi connectivity index (χ1) is 19.5. The Bertz CT molecular complexity index is 1270. The lowest BCUT2D eigenvalue weighted by atomic mass is 9.46. The number of Topliss-reactive ketones (excluding diaryl/α,β-unsaturated/α-hetero) is 1. The largest absolute Gasteiger partial charge is 0.458 e. The fourth-order valence-corrected chi connectivity index (χ4v) is 8.42. The third-order valence-electron chi connectivity index (χ3n) is 10.6. The van der Waals surface area contributed by atoms with Gasteiger partial charge in [0.25, 0.3) is 0 Å². The highest BCUT2D eigenvalue weighted by molar-refractivity contribution is 6.01. The molecule has 1 amide bonds. The molecule has 3 saturated carbocycles. The molecule has 41 heavy (non-hydrogen) atoms. The van der Waals surface area contributed by atoms with Gasteiger partial charge in [-0.05, 0) is 68.1 Å². The van der Waals surface area contributed by atoms with E-state index in [1.807, 2.05) is 43.3 Å². The lowest BCUT2D eigenvalue weighted by Crippen LogP contribution is -2.61. The number of amides is 1. The van der Waals surface area contributed by atoms with Crippen LogP contribution in [0, 0.1) is 28.6 Å². The molecule has 5 rings (SSSR count). The average molecular weight is 564 g/mol. The number of rotatable bonds is 9. The van der Waals surface area contributed by atoms with E-state index in [0.717, 1.165) is 24.0 Å². The number of carbonyl (C=O) groups excluding carboxylic acids is 4. The van der Waals surface area contributed by atoms with Crippen LogP contribution in [-0.4, -0.2) is 58.5 Å². The van der Waals surface area contributed by atoms with Crippen LogP contribution in [0.2, 0.25) is 0 Å². The number of aliphatic hydroxyl groups excluding tert-OH is 1. The molecule has 0 bridgehead atoms. The van der Waals surface area contributed by atoms with E-state index in [9.17, 15) is 29.4 Å². The van der Waals surface area contributed by atoms with Gasteiger partial charge in [-0.15, -0.1) is 0 Å². The van der Waals surface area contributed by atoms with Crippen LogP contribution in [0.5, 0.6) is 0 Å². The molecule has 1 aromatic carbocycles. The van der Waals surface area contributed by atoms with Crippen molar-refractivity contribution in [3.05, 3.63) is 59.7 Å². The molecule has 0 aromatic heterocycles. The van der Waals surface area contributed by atoms with Gasteiger partial charge >= 0.3 is 5.97 Å². The Morgan fingerprint density at radius 2 is 1.85 bits per heavy atom. The fourth-order valence-electron chi connectivity index (χ4n) is 8.42. The molecule has 1 aromatic rings. The van der Waals surface area contributed by atoms with Gasteiger partial charge in [-0.2, -0.15) is 0 Å². The molecule has 7 atom stereocenters. The van der Waals surface area contributed by atoms with E-state index in [0.29, 0.717) is 19.4 Å². The average Bonchev–Trinajstić information content (AvgIpc) is 3.22. The normalized spacial score (nSPS) is 35.5. The summed E-state index contributed by atoms with van der Waals surface area (Å²) < 4.78 is 5.22. The summed E-state index contributed by atoms with van der Waals surface area (Å²) in [5.74, 6) is -1.50. The number of hydrogen-bond acceptors (Lipinski definition) is 7. The lowest BCUT2D eigenvalue weighted by Gasteiger charge is -2.59. The summed E-state index contributed by atoms with van der Waals surface area (Å²) in [7, 11) is 0. The van der Waals surface area contributed by atoms with Crippen molar-refractivity contribution in [2.24, 2.45) is 28.6 Å². The van der Waals surface area contributed by atoms with Gasteiger partial charge in [-0.1, -0.05) is 55.8 Å². The summed E-state index contributed by atoms with van der Waals surface area (Å²) in [6.07, 6.45) is 7.63. The number of ether oxygens (including phenoxy) is 1. The van der Waals surface area contributed by atoms with E-state index in [1.54, 1.807) is 12.2 Å². The molecule has 220 valence electrons. The van der Waals surface area contributed by atoms with Gasteiger partial charge in [0.1, 0.15) is 5.60 Å². The molecule has 0 saturated heterocycles. The van der Waals surface area contributed by atoms with E-state index in [2.05, 4.69) is 12.2 Å². The highest BCUT2D eigenvalue weighted by Gasteiger charge is 2.68. The first-order valence-corrected chi connectivity index (χ1v) is 14.8. The Balaban J connectivity index is 1.15. The molecule has 4 aliphatic rings. The minimum absolute atomic E-state index is 0.0181. The Morgan fingerprint density at radius 3 is 2.61 bits per heavy atom. The van der Waals surface area contributed by atoms with E-state index in [4.69, 9.17) is 4.74 Å². The highest BCUT2D eigenvalue weighted by Crippen LogP contribution is 2.67. The highest BCUT2D eigenvalue weighted by atomic mass is 16.5. The Labute approximate surface area is 241 Å². The molecule has 0 unspecified atom stereocenters. The molecule has 0 spiro atoms. The van der Waals surface area contributed by atoms with Gasteiger partial charge in [0.15, 0.2) is 12.4 Å². The zero-order valence-electron chi connectivity index (χ0n) is 23.9. The lowest BCUT2D eigenvalue weighted by molar-refractivity contribution is -0.181. The van der Waals surface area contributed by atoms with Crippen LogP contribution >= 0.6 is 0 Å². The van der Waals surface area contributed by atoms with Crippen molar-refractivity contribution in [2.75, 3.05) is 13.2 Å². The minimum atomic E-state index is -1.71. The summed E-state index contributed by atoms with van der Waals surface area (Å²) in [6, 6.07) is 9.76. The smallest absolute Gasteiger partial charge is 0.306 e. The molecule has 3 fully saturated rings. The number of nitrogens with one attached hydrogen (secondary N) is 1. The number of carbonyl (C=O) groups is 4. The standard InChI is InChI=1S/C33H41NO7/c1-31-15-12-23(35)18-22(31)8-9-24-25-13-16-33(40,32(25,2)19-26(36)30(24)31)27(37)20-41-29(39)11-10-28(38)34-17-14-21-6-4-3-5-7-21/h3-7,12,15,18,24-26,30,36,40H,8-11,13-14,16-17,19-20H2,1-2H3,(H,34,38)/t24-,25-,26+,30+,31+,32+,33+/m1/s1. The topological polar surface area (TPSA) is 130 Å². The molecule has 8 heteroatoms. The summed E-state index contributed by atoms with van der Waals surface area (Å²) in [5, 5.41) is 26.1. The van der Waals surface area contributed by atoms with Crippen LogP contribution < -0.4 is 5.32 Å². The molecule has 0 radical (unpaired) electrons. The van der Waals surface area contributed by atoms with E-state index < -0.39 is 40.9 Å². The predicted octanol–water partition coefficient (Wildman–Crippen LogP) is 3.25. The molecule has 4 aliphatic carbocycles. The van der Waals surface area contributed by atoms with Gasteiger partial charge in [0.05, 0.1) is 12.5 Å². The molecule has 8 nitrogen and oxygen atoms in total. The fraction of sp³-hybridized carbons (Fsp3) is 0.576. The predicted molar refractivity (Wildman–Crippen MR) is 151 cm³/mol. The SMILES string of the molecule is C[C@]12C=CC(=O)C=C1CC[C@H]1[C@H]2[C@@H](O)C[C@@]2(C)[C@@H]1CC[C@]2(O)C(=O)COC(=O)CCC(=O)NCCc1ccccc1. The van der Waals surface area contributed by atoms with Crippen LogP contribution in [0.3, 0.4) is 0 Å². The number of esters is 1. The summed E-state index contributed by atoms with van der Waals surface area (Å²) in [6.45, 7) is 3.87. The van der Waals surface area contributed by atoms with E-state index in [-0.39, 0.29) is 55.1 Å². The number of benzene rings is 1. The maximum absolute atomic E-state index is 13.4. The van der Waals surface area contributed by atoms with Crippen molar-refractivity contribution in [1.82, 2.24) is 5.32 Å². The maximum atomic E-state index is 13.4. The molecule has 0 heterocycles. The van der Waals surface area contributed by atoms with Crippen LogP contribution in [-0.2, 0) is 30.3 Å². The Morgan fingerprint density at radius 1 is 1.10 bits per heavy atom. The van der Waals surface area contributed by atoms with Gasteiger partial charge < -0.3 is 20.3 Å². The van der Waals surface area contributed by atoms with Crippen LogP contribution in [0.25, 0.3) is 0 Å². The van der Waals surface area contributed by atoms with Crippen LogP contribution in [0.4, 0.5) is 0 Å². The number of fused-ring (bicyclic) bond motifs is 5. The summed E-state index contributed by atoms with van der Waals surface area (Å²) in [4.78, 5) is 49.9. The minimum Gasteiger partial charge on any atom is -0.458 e. The van der Waals surface area contributed by atoms with E-state index >= 15 is 0 Å². The second kappa shape index (κ2) is 11.3. The van der Waals surface area contributed by atoms with Gasteiger partial charge in [0.2, 0.25) is 11.7 Å². The van der Waals surface area contributed by atoms with E-state index in [1.165, 1.54) is 0 Å². The third-order valence-corrected chi connectivity index (χ3v) is 10.6. The number of allylic oxidation sites excluding steroid dienone is 4. The molecular weight excluding hydrogens is 522 g/mol. The number of aliphatic hydroxyl groups is 2. The van der Waals surface area contributed by atoms with Gasteiger partial charge in [-0.25, -0.2) is 0 Å². The van der Waals surface area contributed by atoms with Crippen molar-refractivity contribution < 1.29 is 34.1 Å². The second-order valence-electron chi connectivity index (χ2n) is 12.8. The zero-order valence-corrected chi connectivity index (χ0v) is 23.9. The van der Waals surface area contributed by atoms with Crippen molar-refractivity contribution >= 4 is 23.4 Å². The van der Waals surface area contributed by atoms with Crippen LogP contribution in [0.15, 0.2) is 54.1 Å². The Hall–Kier alpha value is -3.10. The summed E-state index contributed by atoms with van der Waals surface area (Å²) >= 11 is 0. The molecule has 0 aliphatic heterocycles. The van der Waals surface area contributed by atoms with Crippen molar-refractivity contribution in [2.45, 2.75) is 76.9 Å². The molecular formula is C33H41NO7. The van der Waals surface area contributed by atoms with Crippen molar-refractivity contribution in [3.8, 4) is 0 Å². The molecule has 3 N–H and O–H groups in total. The Kier molecular flexibility index (Phi) is 8.09. The van der Waals surface area contributed by atoms with Crippen LogP contribution in [0.1, 0.15) is 64.4 Å². The van der Waals surface area contributed by atoms with Crippen molar-refractivity contribution in [1.29, 1.82) is 0 Å². The number of hydrogen-bond donors (Lipinski definition) is 3. The maximum Gasteiger partial charge on any atom is 0.306 e. The number of ketones is 2. The monoisotopic (exact) mass is 563 g/mol. The third kappa shape index (κ3) is 5.32. The first-order valence-electron chi connectivity index (χ1n) is 14.8. The summed E-state index contributed by atoms with van der Waals surface area (Å²) in [5.41, 5.74) is -0.842. The van der Waals surface area contributed by atoms with Crippen molar-refractivity contribution in [3.63, 3.8) is 0 Å². The first kappa shape index (κ1) is 29.4. The van der Waals surface area contributed by atoms with Gasteiger partial charge in [-0.3, -0.25) is 19.2 Å². The zero-order chi connectivity index (χ0) is 29.4.